The Morgan fingerprint density at radius 1 is 1.24 bits per heavy atom. The van der Waals surface area contributed by atoms with E-state index >= 15 is 0 Å². The molecule has 0 spiro atoms. The lowest BCUT2D eigenvalue weighted by molar-refractivity contribution is -0.137. The first-order chi connectivity index (χ1) is 10.1. The van der Waals surface area contributed by atoms with Gasteiger partial charge in [-0.15, -0.1) is 0 Å². The van der Waals surface area contributed by atoms with Gasteiger partial charge in [-0.25, -0.2) is 0 Å². The van der Waals surface area contributed by atoms with Crippen molar-refractivity contribution in [2.24, 2.45) is 7.05 Å². The minimum Gasteiger partial charge on any atom is -0.481 e. The van der Waals surface area contributed by atoms with Gasteiger partial charge in [0.15, 0.2) is 0 Å². The van der Waals surface area contributed by atoms with Crippen LogP contribution in [-0.2, 0) is 16.6 Å². The molecule has 1 heterocycles. The van der Waals surface area contributed by atoms with Crippen LogP contribution in [0.4, 0.5) is 5.82 Å². The van der Waals surface area contributed by atoms with Crippen molar-refractivity contribution in [3.8, 4) is 0 Å². The number of carbonyl (C=O) groups excluding carboxylic acids is 1. The topological polar surface area (TPSA) is 84.2 Å². The molecule has 21 heavy (non-hydrogen) atoms. The monoisotopic (exact) mass is 287 g/mol. The third kappa shape index (κ3) is 4.17. The number of rotatable bonds is 6. The largest absolute Gasteiger partial charge is 0.481 e. The maximum absolute atomic E-state index is 12.1. The Kier molecular flexibility index (Phi) is 4.71. The molecule has 1 amide bonds. The average Bonchev–Trinajstić information content (AvgIpc) is 2.84. The van der Waals surface area contributed by atoms with Crippen LogP contribution in [0, 0.1) is 0 Å². The van der Waals surface area contributed by atoms with Crippen molar-refractivity contribution >= 4 is 17.7 Å². The number of anilines is 1. The summed E-state index contributed by atoms with van der Waals surface area (Å²) in [5.41, 5.74) is 0.847. The molecule has 0 aliphatic carbocycles. The van der Waals surface area contributed by atoms with Crippen molar-refractivity contribution in [1.29, 1.82) is 0 Å². The highest BCUT2D eigenvalue weighted by Gasteiger charge is 2.19. The van der Waals surface area contributed by atoms with Crippen LogP contribution in [0.15, 0.2) is 42.6 Å². The number of carboxylic acid groups (broad SMARTS) is 1. The fraction of sp³-hybridized carbons (Fsp3) is 0.267. The predicted molar refractivity (Wildman–Crippen MR) is 77.9 cm³/mol. The minimum absolute atomic E-state index is 0.0805. The Hall–Kier alpha value is -2.63. The van der Waals surface area contributed by atoms with Gasteiger partial charge < -0.3 is 10.4 Å². The highest BCUT2D eigenvalue weighted by molar-refractivity contribution is 5.90. The first-order valence-electron chi connectivity index (χ1n) is 6.61. The Bertz CT molecular complexity index is 622. The summed E-state index contributed by atoms with van der Waals surface area (Å²) in [6, 6.07) is 10.9. The van der Waals surface area contributed by atoms with Gasteiger partial charge >= 0.3 is 5.97 Å². The molecule has 1 atom stereocenters. The van der Waals surface area contributed by atoms with Crippen LogP contribution in [0.1, 0.15) is 24.3 Å². The van der Waals surface area contributed by atoms with Gasteiger partial charge in [-0.3, -0.25) is 14.3 Å². The molecule has 0 fully saturated rings. The summed E-state index contributed by atoms with van der Waals surface area (Å²) < 4.78 is 1.55. The lowest BCUT2D eigenvalue weighted by atomic mass is 9.92. The third-order valence-electron chi connectivity index (χ3n) is 3.21. The molecule has 0 radical (unpaired) electrons. The predicted octanol–water partition coefficient (Wildman–Crippen LogP) is 2.01. The Balaban J connectivity index is 2.06. The summed E-state index contributed by atoms with van der Waals surface area (Å²) >= 11 is 0. The van der Waals surface area contributed by atoms with Crippen molar-refractivity contribution in [3.63, 3.8) is 0 Å². The quantitative estimate of drug-likeness (QED) is 0.851. The Morgan fingerprint density at radius 2 is 1.95 bits per heavy atom. The molecule has 2 rings (SSSR count). The molecule has 0 saturated heterocycles. The van der Waals surface area contributed by atoms with Gasteiger partial charge in [-0.2, -0.15) is 5.10 Å². The smallest absolute Gasteiger partial charge is 0.303 e. The number of carboxylic acids is 1. The lowest BCUT2D eigenvalue weighted by Crippen LogP contribution is -2.19. The van der Waals surface area contributed by atoms with Gasteiger partial charge in [0.25, 0.3) is 0 Å². The molecule has 1 aromatic heterocycles. The van der Waals surface area contributed by atoms with E-state index in [1.54, 1.807) is 24.0 Å². The zero-order valence-corrected chi connectivity index (χ0v) is 11.7. The zero-order chi connectivity index (χ0) is 15.2. The number of hydrogen-bond donors (Lipinski definition) is 2. The fourth-order valence-corrected chi connectivity index (χ4v) is 2.16. The third-order valence-corrected chi connectivity index (χ3v) is 3.21. The normalized spacial score (nSPS) is 11.9. The van der Waals surface area contributed by atoms with E-state index in [1.807, 2.05) is 30.3 Å². The SMILES string of the molecule is Cn1nccc1NC(=O)C[C@H](CC(=O)O)c1ccccc1. The molecule has 110 valence electrons. The summed E-state index contributed by atoms with van der Waals surface area (Å²) in [4.78, 5) is 23.1. The number of aromatic nitrogens is 2. The van der Waals surface area contributed by atoms with Crippen LogP contribution >= 0.6 is 0 Å². The van der Waals surface area contributed by atoms with Gasteiger partial charge in [-0.05, 0) is 5.56 Å². The average molecular weight is 287 g/mol. The highest BCUT2D eigenvalue weighted by Crippen LogP contribution is 2.24. The number of hydrogen-bond acceptors (Lipinski definition) is 3. The fourth-order valence-electron chi connectivity index (χ4n) is 2.16. The van der Waals surface area contributed by atoms with Crippen LogP contribution < -0.4 is 5.32 Å². The standard InChI is InChI=1S/C15H17N3O3/c1-18-13(7-8-16-18)17-14(19)9-12(10-15(20)21)11-5-3-2-4-6-11/h2-8,12H,9-10H2,1H3,(H,17,19)(H,20,21)/t12-/m1/s1. The van der Waals surface area contributed by atoms with Gasteiger partial charge in [-0.1, -0.05) is 30.3 Å². The van der Waals surface area contributed by atoms with E-state index in [0.717, 1.165) is 5.56 Å². The molecular formula is C15H17N3O3. The summed E-state index contributed by atoms with van der Waals surface area (Å²) in [7, 11) is 1.72. The summed E-state index contributed by atoms with van der Waals surface area (Å²) in [5, 5.41) is 15.7. The lowest BCUT2D eigenvalue weighted by Gasteiger charge is -2.15. The second-order valence-electron chi connectivity index (χ2n) is 4.80. The van der Waals surface area contributed by atoms with Crippen LogP contribution in [0.25, 0.3) is 0 Å². The molecule has 2 aromatic rings. The molecule has 0 saturated carbocycles. The van der Waals surface area contributed by atoms with Crippen LogP contribution in [-0.4, -0.2) is 26.8 Å². The van der Waals surface area contributed by atoms with Crippen molar-refractivity contribution < 1.29 is 14.7 Å². The number of carbonyl (C=O) groups is 2. The van der Waals surface area contributed by atoms with Crippen molar-refractivity contribution in [2.75, 3.05) is 5.32 Å². The van der Waals surface area contributed by atoms with E-state index in [9.17, 15) is 9.59 Å². The second-order valence-corrected chi connectivity index (χ2v) is 4.80. The molecule has 1 aromatic carbocycles. The number of aryl methyl sites for hydroxylation is 1. The number of benzene rings is 1. The van der Waals surface area contributed by atoms with E-state index < -0.39 is 5.97 Å². The maximum atomic E-state index is 12.1. The Morgan fingerprint density at radius 3 is 2.52 bits per heavy atom. The maximum Gasteiger partial charge on any atom is 0.303 e. The van der Waals surface area contributed by atoms with Gasteiger partial charge in [0, 0.05) is 25.5 Å². The van der Waals surface area contributed by atoms with Crippen molar-refractivity contribution in [3.05, 3.63) is 48.2 Å². The molecule has 2 N–H and O–H groups in total. The van der Waals surface area contributed by atoms with E-state index in [1.165, 1.54) is 0 Å². The molecule has 6 heteroatoms. The first-order valence-corrected chi connectivity index (χ1v) is 6.61. The van der Waals surface area contributed by atoms with Gasteiger partial charge in [0.05, 0.1) is 12.6 Å². The first kappa shape index (κ1) is 14.8. The molecule has 6 nitrogen and oxygen atoms in total. The van der Waals surface area contributed by atoms with E-state index in [4.69, 9.17) is 5.11 Å². The molecule has 0 aliphatic rings. The Labute approximate surface area is 122 Å². The molecule has 0 aliphatic heterocycles. The van der Waals surface area contributed by atoms with E-state index in [-0.39, 0.29) is 24.7 Å². The van der Waals surface area contributed by atoms with Gasteiger partial charge in [0.1, 0.15) is 5.82 Å². The number of nitrogens with zero attached hydrogens (tertiary/aromatic N) is 2. The summed E-state index contributed by atoms with van der Waals surface area (Å²) in [6.07, 6.45) is 1.62. The molecular weight excluding hydrogens is 270 g/mol. The molecule has 0 unspecified atom stereocenters. The van der Waals surface area contributed by atoms with Crippen LogP contribution in [0.3, 0.4) is 0 Å². The minimum atomic E-state index is -0.919. The van der Waals surface area contributed by atoms with Gasteiger partial charge in [0.2, 0.25) is 5.91 Å². The highest BCUT2D eigenvalue weighted by atomic mass is 16.4. The summed E-state index contributed by atoms with van der Waals surface area (Å²) in [6.45, 7) is 0. The van der Waals surface area contributed by atoms with Crippen LogP contribution in [0.5, 0.6) is 0 Å². The number of nitrogens with one attached hydrogen (secondary N) is 1. The number of amides is 1. The van der Waals surface area contributed by atoms with Crippen LogP contribution in [0.2, 0.25) is 0 Å². The summed E-state index contributed by atoms with van der Waals surface area (Å²) in [5.74, 6) is -0.912. The van der Waals surface area contributed by atoms with Crippen molar-refractivity contribution in [1.82, 2.24) is 9.78 Å². The van der Waals surface area contributed by atoms with Crippen molar-refractivity contribution in [2.45, 2.75) is 18.8 Å². The zero-order valence-electron chi connectivity index (χ0n) is 11.7. The molecule has 0 bridgehead atoms. The number of aliphatic carboxylic acids is 1. The van der Waals surface area contributed by atoms with E-state index in [0.29, 0.717) is 5.82 Å². The second kappa shape index (κ2) is 6.69. The van der Waals surface area contributed by atoms with E-state index in [2.05, 4.69) is 10.4 Å².